The summed E-state index contributed by atoms with van der Waals surface area (Å²) in [5, 5.41) is -0.659. The first kappa shape index (κ1) is 25.2. The van der Waals surface area contributed by atoms with E-state index < -0.39 is 39.5 Å². The predicted molar refractivity (Wildman–Crippen MR) is 130 cm³/mol. The van der Waals surface area contributed by atoms with Crippen LogP contribution in [0.25, 0.3) is 22.0 Å². The summed E-state index contributed by atoms with van der Waals surface area (Å²) in [6, 6.07) is 6.34. The lowest BCUT2D eigenvalue weighted by Crippen LogP contribution is -2.42. The summed E-state index contributed by atoms with van der Waals surface area (Å²) in [5.74, 6) is 0. The van der Waals surface area contributed by atoms with E-state index in [0.717, 1.165) is 6.07 Å². The Morgan fingerprint density at radius 1 is 1.11 bits per heavy atom. The van der Waals surface area contributed by atoms with Gasteiger partial charge in [-0.05, 0) is 41.5 Å². The van der Waals surface area contributed by atoms with Crippen molar-refractivity contribution in [1.82, 2.24) is 9.29 Å². The number of rotatable bonds is 7. The summed E-state index contributed by atoms with van der Waals surface area (Å²) in [7, 11) is -4.19. The molecule has 1 heterocycles. The largest absolute Gasteiger partial charge is 0.417 e. The third-order valence-corrected chi connectivity index (χ3v) is 8.18. The number of fused-ring (bicyclic) bond motifs is 1. The van der Waals surface area contributed by atoms with E-state index in [2.05, 4.69) is 0 Å². The van der Waals surface area contributed by atoms with E-state index in [1.165, 1.54) is 42.6 Å². The maximum absolute atomic E-state index is 14.4. The van der Waals surface area contributed by atoms with E-state index >= 15 is 0 Å². The number of benzene rings is 2. The van der Waals surface area contributed by atoms with Gasteiger partial charge in [0.05, 0.1) is 12.2 Å². The molecular formula is C26H29F5N2O2S. The van der Waals surface area contributed by atoms with E-state index in [9.17, 15) is 30.4 Å². The van der Waals surface area contributed by atoms with E-state index in [1.807, 2.05) is 25.5 Å². The van der Waals surface area contributed by atoms with Gasteiger partial charge in [-0.3, -0.25) is 0 Å². The van der Waals surface area contributed by atoms with Gasteiger partial charge >= 0.3 is 6.18 Å². The summed E-state index contributed by atoms with van der Waals surface area (Å²) in [4.78, 5) is 0. The molecule has 196 valence electrons. The van der Waals surface area contributed by atoms with Crippen molar-refractivity contribution in [3.8, 4) is 11.1 Å². The van der Waals surface area contributed by atoms with Crippen LogP contribution in [0.3, 0.4) is 0 Å². The Morgan fingerprint density at radius 2 is 1.78 bits per heavy atom. The molecule has 36 heavy (non-hydrogen) atoms. The van der Waals surface area contributed by atoms with Crippen LogP contribution in [0.15, 0.2) is 48.7 Å². The first-order valence-electron chi connectivity index (χ1n) is 12.1. The van der Waals surface area contributed by atoms with Crippen LogP contribution in [0.2, 0.25) is 0 Å². The average molecular weight is 530 g/mol. The maximum atomic E-state index is 14.4. The van der Waals surface area contributed by atoms with Gasteiger partial charge in [0.1, 0.15) is 6.02 Å². The standard InChI is InChI=1S/C26H29F5N2O2S/c1-25(2,3)15-33-14-20(23(24(27)28)32-36(34,35)17-7-6-8-17)19-12-11-16(13-22(19)33)18-9-4-5-10-21(18)26(29,30)31/h4-5,9-14,17,23-24,32H,6-8,15H2,1-3H3/t23-/m0/s1/i23D. The van der Waals surface area contributed by atoms with Crippen molar-refractivity contribution < 1.29 is 31.7 Å². The monoisotopic (exact) mass is 529 g/mol. The molecule has 0 bridgehead atoms. The zero-order valence-electron chi connectivity index (χ0n) is 21.2. The molecule has 3 aromatic rings. The Morgan fingerprint density at radius 3 is 2.33 bits per heavy atom. The Bertz CT molecular complexity index is 1410. The summed E-state index contributed by atoms with van der Waals surface area (Å²) in [6.07, 6.45) is -5.35. The normalized spacial score (nSPS) is 17.8. The van der Waals surface area contributed by atoms with E-state index in [-0.39, 0.29) is 27.5 Å². The van der Waals surface area contributed by atoms with Gasteiger partial charge in [-0.25, -0.2) is 21.9 Å². The smallest absolute Gasteiger partial charge is 0.347 e. The summed E-state index contributed by atoms with van der Waals surface area (Å²) in [5.41, 5.74) is -0.954. The molecule has 10 heteroatoms. The Labute approximate surface area is 209 Å². The fourth-order valence-corrected chi connectivity index (χ4v) is 6.06. The molecule has 0 unspecified atom stereocenters. The molecule has 1 aliphatic carbocycles. The molecule has 1 N–H and O–H groups in total. The van der Waals surface area contributed by atoms with Gasteiger partial charge in [0.2, 0.25) is 10.0 Å². The first-order valence-corrected chi connectivity index (χ1v) is 13.2. The van der Waals surface area contributed by atoms with Crippen LogP contribution in [0.1, 0.15) is 58.5 Å². The maximum Gasteiger partial charge on any atom is 0.417 e. The third-order valence-electron chi connectivity index (χ3n) is 6.32. The van der Waals surface area contributed by atoms with Crippen molar-refractivity contribution in [3.05, 3.63) is 59.8 Å². The molecule has 1 saturated carbocycles. The zero-order valence-corrected chi connectivity index (χ0v) is 21.0. The highest BCUT2D eigenvalue weighted by Crippen LogP contribution is 2.40. The summed E-state index contributed by atoms with van der Waals surface area (Å²) < 4.78 is 108. The lowest BCUT2D eigenvalue weighted by Gasteiger charge is -2.28. The first-order chi connectivity index (χ1) is 17.0. The van der Waals surface area contributed by atoms with Gasteiger partial charge in [-0.1, -0.05) is 57.5 Å². The van der Waals surface area contributed by atoms with Crippen LogP contribution in [0, 0.1) is 5.41 Å². The van der Waals surface area contributed by atoms with Crippen LogP contribution in [-0.2, 0) is 22.7 Å². The van der Waals surface area contributed by atoms with Crippen molar-refractivity contribution in [2.45, 2.75) is 70.4 Å². The Balaban J connectivity index is 1.92. The topological polar surface area (TPSA) is 51.1 Å². The van der Waals surface area contributed by atoms with Crippen molar-refractivity contribution in [2.75, 3.05) is 0 Å². The van der Waals surface area contributed by atoms with E-state index in [0.29, 0.717) is 31.3 Å². The number of hydrogen-bond donors (Lipinski definition) is 1. The van der Waals surface area contributed by atoms with Crippen molar-refractivity contribution in [3.63, 3.8) is 0 Å². The Hall–Kier alpha value is -2.46. The lowest BCUT2D eigenvalue weighted by molar-refractivity contribution is -0.137. The van der Waals surface area contributed by atoms with Crippen LogP contribution in [-0.4, -0.2) is 24.7 Å². The van der Waals surface area contributed by atoms with E-state index in [4.69, 9.17) is 1.37 Å². The fraction of sp³-hybridized carbons (Fsp3) is 0.462. The number of hydrogen-bond acceptors (Lipinski definition) is 2. The minimum atomic E-state index is -4.60. The SMILES string of the molecule is [2H][C@](NS(=O)(=O)C1CCC1)(c1cn(CC(C)(C)C)c2cc(-c3ccccc3C(F)(F)F)ccc12)C(F)F. The van der Waals surface area contributed by atoms with Gasteiger partial charge in [0.15, 0.2) is 0 Å². The molecule has 0 aliphatic heterocycles. The predicted octanol–water partition coefficient (Wildman–Crippen LogP) is 7.15. The van der Waals surface area contributed by atoms with Crippen LogP contribution >= 0.6 is 0 Å². The molecule has 0 spiro atoms. The molecule has 1 fully saturated rings. The van der Waals surface area contributed by atoms with Crippen molar-refractivity contribution in [2.24, 2.45) is 5.41 Å². The fourth-order valence-electron chi connectivity index (χ4n) is 4.43. The second kappa shape index (κ2) is 9.45. The molecule has 4 nitrogen and oxygen atoms in total. The molecule has 0 amide bonds. The molecule has 1 atom stereocenters. The zero-order chi connectivity index (χ0) is 27.4. The highest BCUT2D eigenvalue weighted by Gasteiger charge is 2.37. The van der Waals surface area contributed by atoms with Gasteiger partial charge in [0, 0.05) is 29.2 Å². The second-order valence-electron chi connectivity index (χ2n) is 10.4. The molecule has 1 aromatic heterocycles. The molecule has 1 aliphatic rings. The number of sulfonamides is 1. The minimum Gasteiger partial charge on any atom is -0.347 e. The number of alkyl halides is 5. The molecule has 2 aromatic carbocycles. The molecular weight excluding hydrogens is 499 g/mol. The minimum absolute atomic E-state index is 0.0707. The van der Waals surface area contributed by atoms with Crippen LogP contribution < -0.4 is 4.72 Å². The van der Waals surface area contributed by atoms with Crippen LogP contribution in [0.5, 0.6) is 0 Å². The van der Waals surface area contributed by atoms with Gasteiger partial charge in [-0.2, -0.15) is 13.2 Å². The second-order valence-corrected chi connectivity index (χ2v) is 12.4. The summed E-state index contributed by atoms with van der Waals surface area (Å²) in [6.45, 7) is 6.01. The number of halogens is 5. The highest BCUT2D eigenvalue weighted by molar-refractivity contribution is 7.90. The van der Waals surface area contributed by atoms with Gasteiger partial charge < -0.3 is 4.57 Å². The van der Waals surface area contributed by atoms with Crippen molar-refractivity contribution >= 4 is 20.9 Å². The van der Waals surface area contributed by atoms with Gasteiger partial charge in [-0.15, -0.1) is 0 Å². The third kappa shape index (κ3) is 5.44. The van der Waals surface area contributed by atoms with Crippen molar-refractivity contribution in [1.29, 1.82) is 0 Å². The lowest BCUT2D eigenvalue weighted by atomic mass is 9.96. The summed E-state index contributed by atoms with van der Waals surface area (Å²) >= 11 is 0. The molecule has 4 rings (SSSR count). The number of aromatic nitrogens is 1. The number of nitrogens with one attached hydrogen (secondary N) is 1. The molecule has 0 radical (unpaired) electrons. The van der Waals surface area contributed by atoms with Gasteiger partial charge in [0.25, 0.3) is 6.43 Å². The molecule has 0 saturated heterocycles. The van der Waals surface area contributed by atoms with E-state index in [1.54, 1.807) is 4.57 Å². The highest BCUT2D eigenvalue weighted by atomic mass is 32.2. The van der Waals surface area contributed by atoms with Crippen LogP contribution in [0.4, 0.5) is 22.0 Å². The average Bonchev–Trinajstić information content (AvgIpc) is 3.07. The number of nitrogens with zero attached hydrogens (tertiary/aromatic N) is 1. The quantitative estimate of drug-likeness (QED) is 0.331. The Kier molecular flexibility index (Phi) is 6.61.